The van der Waals surface area contributed by atoms with Crippen molar-refractivity contribution in [2.75, 3.05) is 5.73 Å². The standard InChI is InChI=1S/C18H17N5/c1-23-15-9-5-4-8-14(15)22-18(23)16-11-6-2-3-7-13(11)21-17(20)12(16)10-19/h4-5,8-9H,2-3,6-7H2,1H3,(H2,20,21). The van der Waals surface area contributed by atoms with Crippen LogP contribution in [0.25, 0.3) is 22.4 Å². The second-order valence-electron chi connectivity index (χ2n) is 5.97. The van der Waals surface area contributed by atoms with Crippen LogP contribution in [0.3, 0.4) is 0 Å². The van der Waals surface area contributed by atoms with Crippen LogP contribution in [0.15, 0.2) is 24.3 Å². The van der Waals surface area contributed by atoms with E-state index in [9.17, 15) is 5.26 Å². The third-order valence-corrected chi connectivity index (χ3v) is 4.62. The fourth-order valence-electron chi connectivity index (χ4n) is 3.49. The van der Waals surface area contributed by atoms with E-state index < -0.39 is 0 Å². The minimum absolute atomic E-state index is 0.315. The molecule has 0 saturated heterocycles. The van der Waals surface area contributed by atoms with Crippen LogP contribution in [-0.2, 0) is 19.9 Å². The van der Waals surface area contributed by atoms with E-state index in [2.05, 4.69) is 11.1 Å². The normalized spacial score (nSPS) is 13.7. The molecule has 0 radical (unpaired) electrons. The highest BCUT2D eigenvalue weighted by Gasteiger charge is 2.25. The molecule has 2 N–H and O–H groups in total. The van der Waals surface area contributed by atoms with Gasteiger partial charge in [-0.3, -0.25) is 0 Å². The number of anilines is 1. The molecular weight excluding hydrogens is 286 g/mol. The molecule has 3 aromatic rings. The number of hydrogen-bond acceptors (Lipinski definition) is 4. The summed E-state index contributed by atoms with van der Waals surface area (Å²) in [6.45, 7) is 0. The van der Waals surface area contributed by atoms with Crippen LogP contribution in [0.1, 0.15) is 29.7 Å². The molecule has 0 unspecified atom stereocenters. The SMILES string of the molecule is Cn1c(-c2c(C#N)c(N)nc3c2CCCC3)nc2ccccc21. The number of aryl methyl sites for hydroxylation is 2. The second kappa shape index (κ2) is 5.10. The van der Waals surface area contributed by atoms with Gasteiger partial charge in [0.25, 0.3) is 0 Å². The quantitative estimate of drug-likeness (QED) is 0.749. The van der Waals surface area contributed by atoms with Gasteiger partial charge in [0.15, 0.2) is 0 Å². The third-order valence-electron chi connectivity index (χ3n) is 4.62. The lowest BCUT2D eigenvalue weighted by Gasteiger charge is -2.20. The maximum absolute atomic E-state index is 9.62. The van der Waals surface area contributed by atoms with E-state index in [0.29, 0.717) is 11.4 Å². The maximum atomic E-state index is 9.62. The van der Waals surface area contributed by atoms with Crippen LogP contribution in [0.2, 0.25) is 0 Å². The van der Waals surface area contributed by atoms with Gasteiger partial charge in [-0.2, -0.15) is 5.26 Å². The number of nitrogens with zero attached hydrogens (tertiary/aromatic N) is 4. The molecule has 1 aliphatic rings. The average Bonchev–Trinajstić information content (AvgIpc) is 2.90. The Hall–Kier alpha value is -2.87. The summed E-state index contributed by atoms with van der Waals surface area (Å²) < 4.78 is 2.04. The molecule has 1 aromatic carbocycles. The summed E-state index contributed by atoms with van der Waals surface area (Å²) in [5.74, 6) is 1.12. The van der Waals surface area contributed by atoms with Crippen molar-refractivity contribution >= 4 is 16.9 Å². The molecule has 0 fully saturated rings. The first kappa shape index (κ1) is 13.8. The number of aromatic nitrogens is 3. The molecule has 1 aliphatic carbocycles. The Bertz CT molecular complexity index is 962. The van der Waals surface area contributed by atoms with E-state index in [1.54, 1.807) is 0 Å². The summed E-state index contributed by atoms with van der Waals surface area (Å²) in [6.07, 6.45) is 4.08. The zero-order chi connectivity index (χ0) is 16.0. The van der Waals surface area contributed by atoms with Crippen molar-refractivity contribution in [3.8, 4) is 17.5 Å². The molecule has 0 amide bonds. The van der Waals surface area contributed by atoms with Crippen molar-refractivity contribution in [1.29, 1.82) is 5.26 Å². The summed E-state index contributed by atoms with van der Waals surface area (Å²) in [4.78, 5) is 9.24. The van der Waals surface area contributed by atoms with E-state index in [4.69, 9.17) is 10.7 Å². The minimum atomic E-state index is 0.315. The molecule has 0 spiro atoms. The van der Waals surface area contributed by atoms with Crippen molar-refractivity contribution in [3.05, 3.63) is 41.1 Å². The lowest BCUT2D eigenvalue weighted by Crippen LogP contribution is -2.13. The Kier molecular flexibility index (Phi) is 3.05. The second-order valence-corrected chi connectivity index (χ2v) is 5.97. The molecule has 2 heterocycles. The van der Waals surface area contributed by atoms with Crippen molar-refractivity contribution < 1.29 is 0 Å². The summed E-state index contributed by atoms with van der Waals surface area (Å²) in [6, 6.07) is 10.2. The Balaban J connectivity index is 2.09. The van der Waals surface area contributed by atoms with Crippen LogP contribution in [0, 0.1) is 11.3 Å². The molecule has 2 aromatic heterocycles. The van der Waals surface area contributed by atoms with Crippen LogP contribution in [-0.4, -0.2) is 14.5 Å². The fraction of sp³-hybridized carbons (Fsp3) is 0.278. The van der Waals surface area contributed by atoms with Gasteiger partial charge < -0.3 is 10.3 Å². The molecular formula is C18H17N5. The van der Waals surface area contributed by atoms with Gasteiger partial charge in [-0.1, -0.05) is 12.1 Å². The molecule has 0 aliphatic heterocycles. The van der Waals surface area contributed by atoms with Gasteiger partial charge in [-0.25, -0.2) is 9.97 Å². The third kappa shape index (κ3) is 1.99. The lowest BCUT2D eigenvalue weighted by atomic mass is 9.89. The van der Waals surface area contributed by atoms with Crippen LogP contribution in [0.5, 0.6) is 0 Å². The first-order valence-corrected chi connectivity index (χ1v) is 7.84. The number of rotatable bonds is 1. The number of para-hydroxylation sites is 2. The highest BCUT2D eigenvalue weighted by Crippen LogP contribution is 2.36. The number of nitriles is 1. The zero-order valence-corrected chi connectivity index (χ0v) is 13.0. The molecule has 0 bridgehead atoms. The van der Waals surface area contributed by atoms with E-state index in [-0.39, 0.29) is 0 Å². The van der Waals surface area contributed by atoms with Crippen molar-refractivity contribution in [2.45, 2.75) is 25.7 Å². The Morgan fingerprint density at radius 1 is 1.17 bits per heavy atom. The molecule has 114 valence electrons. The summed E-state index contributed by atoms with van der Waals surface area (Å²) in [7, 11) is 1.98. The van der Waals surface area contributed by atoms with Gasteiger partial charge in [0.1, 0.15) is 23.3 Å². The van der Waals surface area contributed by atoms with Crippen molar-refractivity contribution in [2.24, 2.45) is 7.05 Å². The highest BCUT2D eigenvalue weighted by atomic mass is 15.1. The smallest absolute Gasteiger partial charge is 0.142 e. The molecule has 5 nitrogen and oxygen atoms in total. The number of nitrogens with two attached hydrogens (primary N) is 1. The Labute approximate surface area is 134 Å². The minimum Gasteiger partial charge on any atom is -0.383 e. The van der Waals surface area contributed by atoms with Gasteiger partial charge in [0.2, 0.25) is 0 Å². The van der Waals surface area contributed by atoms with Gasteiger partial charge in [-0.05, 0) is 43.4 Å². The molecule has 0 saturated carbocycles. The van der Waals surface area contributed by atoms with E-state index in [1.807, 2.05) is 35.9 Å². The largest absolute Gasteiger partial charge is 0.383 e. The average molecular weight is 303 g/mol. The summed E-state index contributed by atoms with van der Waals surface area (Å²) in [5.41, 5.74) is 11.5. The summed E-state index contributed by atoms with van der Waals surface area (Å²) >= 11 is 0. The van der Waals surface area contributed by atoms with Crippen LogP contribution >= 0.6 is 0 Å². The highest BCUT2D eigenvalue weighted by molar-refractivity contribution is 5.84. The first-order chi connectivity index (χ1) is 11.2. The molecule has 5 heteroatoms. The molecule has 0 atom stereocenters. The Morgan fingerprint density at radius 3 is 2.74 bits per heavy atom. The first-order valence-electron chi connectivity index (χ1n) is 7.84. The number of pyridine rings is 1. The lowest BCUT2D eigenvalue weighted by molar-refractivity contribution is 0.669. The van der Waals surface area contributed by atoms with Crippen molar-refractivity contribution in [1.82, 2.24) is 14.5 Å². The fourth-order valence-corrected chi connectivity index (χ4v) is 3.49. The van der Waals surface area contributed by atoms with Gasteiger partial charge in [0.05, 0.1) is 11.0 Å². The summed E-state index contributed by atoms with van der Waals surface area (Å²) in [5, 5.41) is 9.62. The van der Waals surface area contributed by atoms with Gasteiger partial charge >= 0.3 is 0 Å². The van der Waals surface area contributed by atoms with Crippen LogP contribution in [0.4, 0.5) is 5.82 Å². The number of benzene rings is 1. The monoisotopic (exact) mass is 303 g/mol. The zero-order valence-electron chi connectivity index (χ0n) is 13.0. The van der Waals surface area contributed by atoms with Crippen LogP contribution < -0.4 is 5.73 Å². The predicted octanol–water partition coefficient (Wildman–Crippen LogP) is 2.97. The van der Waals surface area contributed by atoms with E-state index in [0.717, 1.165) is 59.4 Å². The topological polar surface area (TPSA) is 80.5 Å². The van der Waals surface area contributed by atoms with E-state index >= 15 is 0 Å². The van der Waals surface area contributed by atoms with Gasteiger partial charge in [0, 0.05) is 18.3 Å². The maximum Gasteiger partial charge on any atom is 0.142 e. The Morgan fingerprint density at radius 2 is 1.96 bits per heavy atom. The van der Waals surface area contributed by atoms with Gasteiger partial charge in [-0.15, -0.1) is 0 Å². The number of imidazole rings is 1. The number of nitrogen functional groups attached to an aromatic ring is 1. The number of hydrogen-bond donors (Lipinski definition) is 1. The molecule has 23 heavy (non-hydrogen) atoms. The molecule has 4 rings (SSSR count). The predicted molar refractivity (Wildman–Crippen MR) is 89.7 cm³/mol. The van der Waals surface area contributed by atoms with E-state index in [1.165, 1.54) is 0 Å². The number of fused-ring (bicyclic) bond motifs is 2. The van der Waals surface area contributed by atoms with Crippen molar-refractivity contribution in [3.63, 3.8) is 0 Å².